The maximum atomic E-state index is 13.3. The molecule has 0 bridgehead atoms. The van der Waals surface area contributed by atoms with E-state index in [2.05, 4.69) is 10.2 Å². The standard InChI is InChI=1S/C16H23F3N2/c1-15(2,3)14(21-10-8-20-9-11-21)12-6-4-5-7-13(12)16(17,18)19/h4-7,14,20H,8-11H2,1-3H3/t14-/m1/s1. The van der Waals surface area contributed by atoms with Crippen molar-refractivity contribution in [2.24, 2.45) is 5.41 Å². The fourth-order valence-corrected chi connectivity index (χ4v) is 3.14. The highest BCUT2D eigenvalue weighted by molar-refractivity contribution is 5.33. The molecule has 0 radical (unpaired) electrons. The van der Waals surface area contributed by atoms with E-state index in [9.17, 15) is 13.2 Å². The van der Waals surface area contributed by atoms with Gasteiger partial charge in [-0.1, -0.05) is 39.0 Å². The van der Waals surface area contributed by atoms with Crippen molar-refractivity contribution >= 4 is 0 Å². The van der Waals surface area contributed by atoms with Crippen molar-refractivity contribution in [3.05, 3.63) is 35.4 Å². The van der Waals surface area contributed by atoms with Crippen molar-refractivity contribution in [3.63, 3.8) is 0 Å². The predicted octanol–water partition coefficient (Wildman–Crippen LogP) is 3.70. The van der Waals surface area contributed by atoms with Gasteiger partial charge < -0.3 is 5.32 Å². The van der Waals surface area contributed by atoms with Gasteiger partial charge in [-0.25, -0.2) is 0 Å². The monoisotopic (exact) mass is 300 g/mol. The summed E-state index contributed by atoms with van der Waals surface area (Å²) in [6.07, 6.45) is -4.31. The number of rotatable bonds is 2. The van der Waals surface area contributed by atoms with Crippen molar-refractivity contribution in [2.45, 2.75) is 33.0 Å². The van der Waals surface area contributed by atoms with E-state index in [1.165, 1.54) is 12.1 Å². The first-order valence-corrected chi connectivity index (χ1v) is 7.32. The van der Waals surface area contributed by atoms with Gasteiger partial charge in [0.15, 0.2) is 0 Å². The Bertz CT molecular complexity index is 471. The van der Waals surface area contributed by atoms with Crippen LogP contribution in [0.15, 0.2) is 24.3 Å². The smallest absolute Gasteiger partial charge is 0.314 e. The Morgan fingerprint density at radius 2 is 1.62 bits per heavy atom. The van der Waals surface area contributed by atoms with Gasteiger partial charge in [-0.15, -0.1) is 0 Å². The van der Waals surface area contributed by atoms with E-state index >= 15 is 0 Å². The van der Waals surface area contributed by atoms with Crippen molar-refractivity contribution in [2.75, 3.05) is 26.2 Å². The van der Waals surface area contributed by atoms with Gasteiger partial charge in [-0.05, 0) is 17.0 Å². The van der Waals surface area contributed by atoms with E-state index < -0.39 is 11.7 Å². The zero-order valence-electron chi connectivity index (χ0n) is 12.8. The summed E-state index contributed by atoms with van der Waals surface area (Å²) in [6, 6.07) is 5.74. The fraction of sp³-hybridized carbons (Fsp3) is 0.625. The van der Waals surface area contributed by atoms with Gasteiger partial charge in [0.25, 0.3) is 0 Å². The lowest BCUT2D eigenvalue weighted by Gasteiger charge is -2.43. The molecule has 0 amide bonds. The Hall–Kier alpha value is -1.07. The molecule has 21 heavy (non-hydrogen) atoms. The molecule has 1 aromatic rings. The van der Waals surface area contributed by atoms with Crippen LogP contribution in [-0.4, -0.2) is 31.1 Å². The highest BCUT2D eigenvalue weighted by Gasteiger charge is 2.40. The minimum atomic E-state index is -4.31. The quantitative estimate of drug-likeness (QED) is 0.896. The van der Waals surface area contributed by atoms with E-state index in [-0.39, 0.29) is 11.5 Å². The third-order valence-electron chi connectivity index (χ3n) is 3.90. The lowest BCUT2D eigenvalue weighted by atomic mass is 9.79. The van der Waals surface area contributed by atoms with Crippen LogP contribution in [0.5, 0.6) is 0 Å². The molecule has 0 aromatic heterocycles. The minimum absolute atomic E-state index is 0.238. The molecule has 1 saturated heterocycles. The summed E-state index contributed by atoms with van der Waals surface area (Å²) in [6.45, 7) is 9.20. The van der Waals surface area contributed by atoms with Gasteiger partial charge in [-0.2, -0.15) is 13.2 Å². The number of hydrogen-bond acceptors (Lipinski definition) is 2. The summed E-state index contributed by atoms with van der Waals surface area (Å²) < 4.78 is 40.0. The van der Waals surface area contributed by atoms with Crippen molar-refractivity contribution in [3.8, 4) is 0 Å². The Balaban J connectivity index is 2.47. The van der Waals surface area contributed by atoms with E-state index in [1.807, 2.05) is 20.8 Å². The molecule has 2 nitrogen and oxygen atoms in total. The number of benzene rings is 1. The van der Waals surface area contributed by atoms with Gasteiger partial charge in [0.2, 0.25) is 0 Å². The Labute approximate surface area is 124 Å². The third-order valence-corrected chi connectivity index (χ3v) is 3.90. The zero-order valence-corrected chi connectivity index (χ0v) is 12.8. The topological polar surface area (TPSA) is 15.3 Å². The molecule has 1 aromatic carbocycles. The van der Waals surface area contributed by atoms with Crippen LogP contribution < -0.4 is 5.32 Å². The van der Waals surface area contributed by atoms with Crippen LogP contribution in [0.2, 0.25) is 0 Å². The molecule has 118 valence electrons. The van der Waals surface area contributed by atoms with Crippen molar-refractivity contribution in [1.82, 2.24) is 10.2 Å². The third kappa shape index (κ3) is 3.77. The summed E-state index contributed by atoms with van der Waals surface area (Å²) in [5.74, 6) is 0. The van der Waals surface area contributed by atoms with E-state index in [0.29, 0.717) is 5.56 Å². The summed E-state index contributed by atoms with van der Waals surface area (Å²) in [5.41, 5.74) is -0.388. The lowest BCUT2D eigenvalue weighted by Crippen LogP contribution is -2.48. The first kappa shape index (κ1) is 16.3. The average Bonchev–Trinajstić information content (AvgIpc) is 2.38. The van der Waals surface area contributed by atoms with Crippen LogP contribution in [0, 0.1) is 5.41 Å². The molecule has 1 aliphatic heterocycles. The van der Waals surface area contributed by atoms with Crippen molar-refractivity contribution < 1.29 is 13.2 Å². The molecule has 0 aliphatic carbocycles. The highest BCUT2D eigenvalue weighted by atomic mass is 19.4. The Kier molecular flexibility index (Phi) is 4.63. The lowest BCUT2D eigenvalue weighted by molar-refractivity contribution is -0.139. The molecule has 0 saturated carbocycles. The Morgan fingerprint density at radius 3 is 2.14 bits per heavy atom. The first-order valence-electron chi connectivity index (χ1n) is 7.32. The molecule has 2 rings (SSSR count). The van der Waals surface area contributed by atoms with Crippen LogP contribution in [0.3, 0.4) is 0 Å². The highest BCUT2D eigenvalue weighted by Crippen LogP contribution is 2.43. The molecular formula is C16H23F3N2. The molecule has 1 heterocycles. The second-order valence-corrected chi connectivity index (χ2v) is 6.64. The normalized spacial score (nSPS) is 19.5. The van der Waals surface area contributed by atoms with Gasteiger partial charge >= 0.3 is 6.18 Å². The zero-order chi connectivity index (χ0) is 15.7. The molecular weight excluding hydrogens is 277 g/mol. The largest absolute Gasteiger partial charge is 0.416 e. The van der Waals surface area contributed by atoms with E-state index in [1.54, 1.807) is 12.1 Å². The maximum absolute atomic E-state index is 13.3. The van der Waals surface area contributed by atoms with Crippen LogP contribution in [-0.2, 0) is 6.18 Å². The van der Waals surface area contributed by atoms with Gasteiger partial charge in [0, 0.05) is 32.2 Å². The van der Waals surface area contributed by atoms with E-state index in [0.717, 1.165) is 26.2 Å². The maximum Gasteiger partial charge on any atom is 0.416 e. The van der Waals surface area contributed by atoms with Gasteiger partial charge in [0.05, 0.1) is 5.56 Å². The second kappa shape index (κ2) is 5.97. The molecule has 1 fully saturated rings. The summed E-state index contributed by atoms with van der Waals surface area (Å²) >= 11 is 0. The second-order valence-electron chi connectivity index (χ2n) is 6.64. The number of nitrogens with one attached hydrogen (secondary N) is 1. The first-order chi connectivity index (χ1) is 9.71. The van der Waals surface area contributed by atoms with Crippen LogP contribution in [0.4, 0.5) is 13.2 Å². The van der Waals surface area contributed by atoms with Gasteiger partial charge in [-0.3, -0.25) is 4.90 Å². The number of halogens is 3. The molecule has 1 aliphatic rings. The SMILES string of the molecule is CC(C)(C)[C@@H](c1ccccc1C(F)(F)F)N1CCNCC1. The van der Waals surface area contributed by atoms with Crippen LogP contribution in [0.1, 0.15) is 37.9 Å². The Morgan fingerprint density at radius 1 is 1.05 bits per heavy atom. The fourth-order valence-electron chi connectivity index (χ4n) is 3.14. The number of nitrogens with zero attached hydrogens (tertiary/aromatic N) is 1. The molecule has 0 unspecified atom stereocenters. The minimum Gasteiger partial charge on any atom is -0.314 e. The molecule has 5 heteroatoms. The van der Waals surface area contributed by atoms with Crippen LogP contribution >= 0.6 is 0 Å². The summed E-state index contributed by atoms with van der Waals surface area (Å²) in [4.78, 5) is 2.17. The molecule has 1 N–H and O–H groups in total. The number of piperazine rings is 1. The van der Waals surface area contributed by atoms with Gasteiger partial charge in [0.1, 0.15) is 0 Å². The average molecular weight is 300 g/mol. The predicted molar refractivity (Wildman–Crippen MR) is 78.1 cm³/mol. The van der Waals surface area contributed by atoms with Crippen LogP contribution in [0.25, 0.3) is 0 Å². The molecule has 0 spiro atoms. The summed E-state index contributed by atoms with van der Waals surface area (Å²) in [7, 11) is 0. The number of alkyl halides is 3. The van der Waals surface area contributed by atoms with E-state index in [4.69, 9.17) is 0 Å². The van der Waals surface area contributed by atoms with Crippen molar-refractivity contribution in [1.29, 1.82) is 0 Å². The molecule has 1 atom stereocenters. The summed E-state index contributed by atoms with van der Waals surface area (Å²) in [5, 5.41) is 3.25. The number of hydrogen-bond donors (Lipinski definition) is 1.